The molecule has 0 unspecified atom stereocenters. The van der Waals surface area contributed by atoms with Crippen molar-refractivity contribution in [2.75, 3.05) is 11.9 Å². The molecule has 1 heterocycles. The Kier molecular flexibility index (Phi) is 5.89. The summed E-state index contributed by atoms with van der Waals surface area (Å²) in [5, 5.41) is 7.63. The largest absolute Gasteiger partial charge is 0.484 e. The molecular weight excluding hydrogens is 423 g/mol. The van der Waals surface area contributed by atoms with Crippen LogP contribution in [0.15, 0.2) is 63.3 Å². The summed E-state index contributed by atoms with van der Waals surface area (Å²) in [5.74, 6) is -0.252. The lowest BCUT2D eigenvalue weighted by Crippen LogP contribution is -2.20. The van der Waals surface area contributed by atoms with Crippen LogP contribution in [0.1, 0.15) is 0 Å². The summed E-state index contributed by atoms with van der Waals surface area (Å²) >= 11 is 4.62. The Hall–Kier alpha value is -2.39. The third-order valence-electron chi connectivity index (χ3n) is 3.24. The molecular formula is C17H14BrFN4O2S. The van der Waals surface area contributed by atoms with Crippen LogP contribution in [0.5, 0.6) is 5.75 Å². The summed E-state index contributed by atoms with van der Waals surface area (Å²) in [6.45, 7) is -0.180. The van der Waals surface area contributed by atoms with Crippen LogP contribution < -0.4 is 10.1 Å². The molecule has 0 aliphatic rings. The zero-order chi connectivity index (χ0) is 18.5. The highest BCUT2D eigenvalue weighted by Crippen LogP contribution is 2.32. The van der Waals surface area contributed by atoms with Crippen LogP contribution in [-0.4, -0.2) is 27.3 Å². The molecule has 2 aromatic carbocycles. The molecule has 6 nitrogen and oxygen atoms in total. The first-order chi connectivity index (χ1) is 12.5. The Balaban J connectivity index is 1.64. The van der Waals surface area contributed by atoms with Crippen molar-refractivity contribution >= 4 is 39.3 Å². The number of amides is 1. The highest BCUT2D eigenvalue weighted by molar-refractivity contribution is 9.10. The first-order valence-electron chi connectivity index (χ1n) is 7.53. The Morgan fingerprint density at radius 1 is 1.27 bits per heavy atom. The quantitative estimate of drug-likeness (QED) is 0.634. The van der Waals surface area contributed by atoms with Gasteiger partial charge in [0, 0.05) is 11.9 Å². The van der Waals surface area contributed by atoms with Crippen LogP contribution in [0.4, 0.5) is 10.1 Å². The molecule has 1 aromatic heterocycles. The third-order valence-corrected chi connectivity index (χ3v) is 4.69. The number of carbonyl (C=O) groups is 1. The van der Waals surface area contributed by atoms with Crippen molar-refractivity contribution in [1.82, 2.24) is 14.8 Å². The number of ether oxygens (including phenoxy) is 1. The highest BCUT2D eigenvalue weighted by Gasteiger charge is 2.12. The topological polar surface area (TPSA) is 69.0 Å². The number of aryl methyl sites for hydroxylation is 1. The van der Waals surface area contributed by atoms with Gasteiger partial charge in [-0.15, -0.1) is 5.10 Å². The molecule has 0 saturated carbocycles. The second-order valence-corrected chi connectivity index (χ2v) is 6.89. The molecule has 0 atom stereocenters. The first-order valence-corrected chi connectivity index (χ1v) is 9.14. The number of hydrogen-bond donors (Lipinski definition) is 1. The van der Waals surface area contributed by atoms with Gasteiger partial charge in [0.25, 0.3) is 5.91 Å². The van der Waals surface area contributed by atoms with Crippen LogP contribution in [0.3, 0.4) is 0 Å². The van der Waals surface area contributed by atoms with Crippen molar-refractivity contribution in [3.63, 3.8) is 0 Å². The summed E-state index contributed by atoms with van der Waals surface area (Å²) in [5.41, 5.74) is 0.643. The number of rotatable bonds is 6. The average molecular weight is 437 g/mol. The molecule has 26 heavy (non-hydrogen) atoms. The van der Waals surface area contributed by atoms with E-state index in [0.717, 1.165) is 4.90 Å². The van der Waals surface area contributed by atoms with E-state index < -0.39 is 0 Å². The SMILES string of the molecule is Cn1nc(Br)nc1Sc1ccccc1NC(=O)COc1ccc(F)cc1. The number of benzene rings is 2. The monoisotopic (exact) mass is 436 g/mol. The number of carbonyl (C=O) groups excluding carboxylic acids is 1. The van der Waals surface area contributed by atoms with E-state index in [0.29, 0.717) is 21.3 Å². The van der Waals surface area contributed by atoms with Crippen LogP contribution in [-0.2, 0) is 11.8 Å². The van der Waals surface area contributed by atoms with E-state index in [2.05, 4.69) is 31.3 Å². The lowest BCUT2D eigenvalue weighted by molar-refractivity contribution is -0.118. The van der Waals surface area contributed by atoms with Crippen molar-refractivity contribution in [1.29, 1.82) is 0 Å². The Labute approximate surface area is 161 Å². The van der Waals surface area contributed by atoms with Crippen molar-refractivity contribution < 1.29 is 13.9 Å². The summed E-state index contributed by atoms with van der Waals surface area (Å²) < 4.78 is 20.4. The number of para-hydroxylation sites is 1. The van der Waals surface area contributed by atoms with Gasteiger partial charge in [0.05, 0.1) is 5.69 Å². The molecule has 3 aromatic rings. The van der Waals surface area contributed by atoms with Gasteiger partial charge in [-0.1, -0.05) is 12.1 Å². The standard InChI is InChI=1S/C17H14BrFN4O2S/c1-23-17(21-16(18)22-23)26-14-5-3-2-4-13(14)20-15(24)10-25-12-8-6-11(19)7-9-12/h2-9H,10H2,1H3,(H,20,24). The second kappa shape index (κ2) is 8.33. The summed E-state index contributed by atoms with van der Waals surface area (Å²) in [6, 6.07) is 12.9. The van der Waals surface area contributed by atoms with E-state index in [1.807, 2.05) is 18.2 Å². The third kappa shape index (κ3) is 4.83. The van der Waals surface area contributed by atoms with Gasteiger partial charge in [-0.2, -0.15) is 4.98 Å². The molecule has 3 rings (SSSR count). The first kappa shape index (κ1) is 18.4. The van der Waals surface area contributed by atoms with E-state index in [-0.39, 0.29) is 18.3 Å². The summed E-state index contributed by atoms with van der Waals surface area (Å²) in [4.78, 5) is 17.3. The average Bonchev–Trinajstić information content (AvgIpc) is 2.93. The lowest BCUT2D eigenvalue weighted by atomic mass is 10.3. The number of anilines is 1. The van der Waals surface area contributed by atoms with Gasteiger partial charge in [0.1, 0.15) is 11.6 Å². The Bertz CT molecular complexity index is 917. The molecule has 0 aliphatic carbocycles. The molecule has 9 heteroatoms. The maximum Gasteiger partial charge on any atom is 0.262 e. The van der Waals surface area contributed by atoms with Crippen molar-refractivity contribution in [2.45, 2.75) is 10.1 Å². The van der Waals surface area contributed by atoms with Crippen molar-refractivity contribution in [3.05, 3.63) is 59.1 Å². The van der Waals surface area contributed by atoms with E-state index in [4.69, 9.17) is 4.74 Å². The van der Waals surface area contributed by atoms with Crippen molar-refractivity contribution in [3.8, 4) is 5.75 Å². The maximum atomic E-state index is 12.9. The molecule has 1 amide bonds. The van der Waals surface area contributed by atoms with Crippen LogP contribution in [0, 0.1) is 5.82 Å². The second-order valence-electron chi connectivity index (χ2n) is 5.18. The van der Waals surface area contributed by atoms with E-state index >= 15 is 0 Å². The van der Waals surface area contributed by atoms with Gasteiger partial charge in [-0.25, -0.2) is 9.07 Å². The fraction of sp³-hybridized carbons (Fsp3) is 0.118. The van der Waals surface area contributed by atoms with E-state index in [1.54, 1.807) is 17.8 Å². The zero-order valence-corrected chi connectivity index (χ0v) is 16.1. The van der Waals surface area contributed by atoms with Gasteiger partial charge in [0.15, 0.2) is 11.8 Å². The summed E-state index contributed by atoms with van der Waals surface area (Å²) in [7, 11) is 1.79. The number of aromatic nitrogens is 3. The number of nitrogens with zero attached hydrogens (tertiary/aromatic N) is 3. The van der Waals surface area contributed by atoms with Crippen LogP contribution in [0.25, 0.3) is 0 Å². The van der Waals surface area contributed by atoms with E-state index in [1.165, 1.54) is 36.0 Å². The smallest absolute Gasteiger partial charge is 0.262 e. The lowest BCUT2D eigenvalue weighted by Gasteiger charge is -2.11. The number of hydrogen-bond acceptors (Lipinski definition) is 5. The highest BCUT2D eigenvalue weighted by atomic mass is 79.9. The summed E-state index contributed by atoms with van der Waals surface area (Å²) in [6.07, 6.45) is 0. The van der Waals surface area contributed by atoms with Crippen molar-refractivity contribution in [2.24, 2.45) is 7.05 Å². The van der Waals surface area contributed by atoms with Gasteiger partial charge in [-0.05, 0) is 64.1 Å². The predicted octanol–water partition coefficient (Wildman–Crippen LogP) is 3.89. The molecule has 0 fully saturated rings. The van der Waals surface area contributed by atoms with Crippen LogP contribution in [0.2, 0.25) is 0 Å². The minimum Gasteiger partial charge on any atom is -0.484 e. The number of halogens is 2. The predicted molar refractivity (Wildman–Crippen MR) is 99.8 cm³/mol. The van der Waals surface area contributed by atoms with Gasteiger partial charge < -0.3 is 10.1 Å². The number of nitrogens with one attached hydrogen (secondary N) is 1. The Morgan fingerprint density at radius 2 is 2.00 bits per heavy atom. The van der Waals surface area contributed by atoms with Gasteiger partial charge in [-0.3, -0.25) is 4.79 Å². The molecule has 1 N–H and O–H groups in total. The molecule has 134 valence electrons. The zero-order valence-electron chi connectivity index (χ0n) is 13.6. The maximum absolute atomic E-state index is 12.9. The molecule has 0 aliphatic heterocycles. The van der Waals surface area contributed by atoms with E-state index in [9.17, 15) is 9.18 Å². The minimum absolute atomic E-state index is 0.180. The molecule has 0 bridgehead atoms. The van der Waals surface area contributed by atoms with Gasteiger partial charge in [0.2, 0.25) is 4.73 Å². The molecule has 0 spiro atoms. The van der Waals surface area contributed by atoms with Crippen LogP contribution >= 0.6 is 27.7 Å². The fourth-order valence-corrected chi connectivity index (χ4v) is 3.45. The molecule has 0 saturated heterocycles. The van der Waals surface area contributed by atoms with Gasteiger partial charge >= 0.3 is 0 Å². The minimum atomic E-state index is -0.358. The Morgan fingerprint density at radius 3 is 2.69 bits per heavy atom. The molecule has 0 radical (unpaired) electrons. The fourth-order valence-electron chi connectivity index (χ4n) is 2.05. The normalized spacial score (nSPS) is 10.6.